The Kier molecular flexibility index (Phi) is 6.37. The molecule has 1 aromatic heterocycles. The van der Waals surface area contributed by atoms with Gasteiger partial charge in [0, 0.05) is 13.1 Å². The molecule has 0 aliphatic heterocycles. The molecular formula is C11H18N2O. The van der Waals surface area contributed by atoms with Gasteiger partial charge < -0.3 is 5.32 Å². The number of carbonyl (C=O) groups is 1. The highest BCUT2D eigenvalue weighted by Gasteiger charge is 1.96. The topological polar surface area (TPSA) is 42.0 Å². The molecule has 1 amide bonds. The average molecular weight is 194 g/mol. The number of rotatable bonds is 2. The van der Waals surface area contributed by atoms with Gasteiger partial charge in [0.2, 0.25) is 5.91 Å². The Labute approximate surface area is 85.6 Å². The van der Waals surface area contributed by atoms with E-state index in [1.807, 2.05) is 26.0 Å². The Bertz CT molecular complexity index is 284. The van der Waals surface area contributed by atoms with Gasteiger partial charge in [-0.2, -0.15) is 0 Å². The van der Waals surface area contributed by atoms with E-state index in [4.69, 9.17) is 0 Å². The summed E-state index contributed by atoms with van der Waals surface area (Å²) in [6, 6.07) is 3.81. The third-order valence-electron chi connectivity index (χ3n) is 1.54. The normalized spacial score (nSPS) is 8.57. The summed E-state index contributed by atoms with van der Waals surface area (Å²) in [4.78, 5) is 14.7. The van der Waals surface area contributed by atoms with E-state index in [-0.39, 0.29) is 5.91 Å². The van der Waals surface area contributed by atoms with Crippen molar-refractivity contribution < 1.29 is 4.79 Å². The number of nitrogens with zero attached hydrogens (tertiary/aromatic N) is 1. The zero-order valence-corrected chi connectivity index (χ0v) is 9.29. The summed E-state index contributed by atoms with van der Waals surface area (Å²) >= 11 is 0. The minimum Gasteiger partial charge on any atom is -0.311 e. The molecule has 3 nitrogen and oxygen atoms in total. The van der Waals surface area contributed by atoms with E-state index in [0.717, 1.165) is 6.42 Å². The summed E-state index contributed by atoms with van der Waals surface area (Å²) in [7, 11) is 0. The predicted octanol–water partition coefficient (Wildman–Crippen LogP) is 2.63. The van der Waals surface area contributed by atoms with Gasteiger partial charge in [0.25, 0.3) is 0 Å². The van der Waals surface area contributed by atoms with Crippen LogP contribution in [0.2, 0.25) is 0 Å². The molecule has 0 radical (unpaired) electrons. The first-order valence-corrected chi connectivity index (χ1v) is 4.95. The molecule has 14 heavy (non-hydrogen) atoms. The Balaban J connectivity index is 0.000000791. The van der Waals surface area contributed by atoms with Gasteiger partial charge in [-0.1, -0.05) is 20.8 Å². The first-order valence-electron chi connectivity index (χ1n) is 4.95. The second-order valence-electron chi connectivity index (χ2n) is 2.58. The van der Waals surface area contributed by atoms with Crippen LogP contribution in [-0.2, 0) is 11.2 Å². The van der Waals surface area contributed by atoms with Crippen LogP contribution in [0.3, 0.4) is 0 Å². The second-order valence-corrected chi connectivity index (χ2v) is 2.58. The molecule has 0 aromatic carbocycles. The molecule has 1 rings (SSSR count). The number of aryl methyl sites for hydroxylation is 1. The molecule has 1 heterocycles. The van der Waals surface area contributed by atoms with Crippen molar-refractivity contribution in [3.05, 3.63) is 23.9 Å². The maximum absolute atomic E-state index is 10.7. The van der Waals surface area contributed by atoms with Crippen molar-refractivity contribution in [1.29, 1.82) is 0 Å². The van der Waals surface area contributed by atoms with Crippen molar-refractivity contribution in [2.75, 3.05) is 5.32 Å². The molecule has 1 N–H and O–H groups in total. The van der Waals surface area contributed by atoms with E-state index in [9.17, 15) is 4.79 Å². The molecule has 0 saturated heterocycles. The highest BCUT2D eigenvalue weighted by atomic mass is 16.1. The summed E-state index contributed by atoms with van der Waals surface area (Å²) in [5.74, 6) is 0.539. The number of anilines is 1. The van der Waals surface area contributed by atoms with Crippen molar-refractivity contribution in [3.63, 3.8) is 0 Å². The minimum absolute atomic E-state index is 0.0873. The molecular weight excluding hydrogens is 176 g/mol. The molecule has 0 atom stereocenters. The quantitative estimate of drug-likeness (QED) is 0.786. The number of aromatic nitrogens is 1. The zero-order valence-electron chi connectivity index (χ0n) is 9.29. The molecule has 0 saturated carbocycles. The van der Waals surface area contributed by atoms with Gasteiger partial charge in [-0.3, -0.25) is 4.79 Å². The molecule has 0 aliphatic rings. The summed E-state index contributed by atoms with van der Waals surface area (Å²) in [5, 5.41) is 2.63. The molecule has 1 aromatic rings. The zero-order chi connectivity index (χ0) is 11.0. The summed E-state index contributed by atoms with van der Waals surface area (Å²) in [6.07, 6.45) is 2.65. The largest absolute Gasteiger partial charge is 0.311 e. The fourth-order valence-electron chi connectivity index (χ4n) is 0.943. The van der Waals surface area contributed by atoms with Crippen molar-refractivity contribution >= 4 is 11.7 Å². The van der Waals surface area contributed by atoms with Gasteiger partial charge in [0.05, 0.1) is 0 Å². The lowest BCUT2D eigenvalue weighted by Crippen LogP contribution is -2.07. The van der Waals surface area contributed by atoms with Gasteiger partial charge in [-0.05, 0) is 24.1 Å². The van der Waals surface area contributed by atoms with E-state index >= 15 is 0 Å². The predicted molar refractivity (Wildman–Crippen MR) is 59.3 cm³/mol. The van der Waals surface area contributed by atoms with Crippen LogP contribution in [0.4, 0.5) is 5.82 Å². The Morgan fingerprint density at radius 1 is 1.50 bits per heavy atom. The summed E-state index contributed by atoms with van der Waals surface area (Å²) in [6.45, 7) is 7.53. The standard InChI is InChI=1S/C9H12N2O.C2H6/c1-3-8-4-5-10-9(6-8)11-7(2)12;1-2/h4-6H,3H2,1-2H3,(H,10,11,12);1-2H3. The number of pyridine rings is 1. The van der Waals surface area contributed by atoms with E-state index in [0.29, 0.717) is 5.82 Å². The van der Waals surface area contributed by atoms with E-state index in [1.54, 1.807) is 6.20 Å². The molecule has 0 unspecified atom stereocenters. The first-order chi connectivity index (χ1) is 6.72. The lowest BCUT2D eigenvalue weighted by Gasteiger charge is -2.01. The summed E-state index contributed by atoms with van der Waals surface area (Å²) in [5.41, 5.74) is 1.17. The van der Waals surface area contributed by atoms with Crippen LogP contribution in [0.1, 0.15) is 33.3 Å². The van der Waals surface area contributed by atoms with Crippen LogP contribution < -0.4 is 5.32 Å². The summed E-state index contributed by atoms with van der Waals surface area (Å²) < 4.78 is 0. The van der Waals surface area contributed by atoms with Crippen molar-refractivity contribution in [3.8, 4) is 0 Å². The third-order valence-corrected chi connectivity index (χ3v) is 1.54. The lowest BCUT2D eigenvalue weighted by atomic mass is 10.2. The van der Waals surface area contributed by atoms with Crippen molar-refractivity contribution in [2.45, 2.75) is 34.1 Å². The lowest BCUT2D eigenvalue weighted by molar-refractivity contribution is -0.114. The SMILES string of the molecule is CC.CCc1ccnc(NC(C)=O)c1. The average Bonchev–Trinajstić information content (AvgIpc) is 2.20. The van der Waals surface area contributed by atoms with Crippen LogP contribution in [0.15, 0.2) is 18.3 Å². The number of nitrogens with one attached hydrogen (secondary N) is 1. The number of hydrogen-bond acceptors (Lipinski definition) is 2. The van der Waals surface area contributed by atoms with Gasteiger partial charge in [0.15, 0.2) is 0 Å². The van der Waals surface area contributed by atoms with Crippen LogP contribution in [-0.4, -0.2) is 10.9 Å². The molecule has 0 aliphatic carbocycles. The van der Waals surface area contributed by atoms with Crippen LogP contribution >= 0.6 is 0 Å². The molecule has 3 heteroatoms. The van der Waals surface area contributed by atoms with Gasteiger partial charge >= 0.3 is 0 Å². The fourth-order valence-corrected chi connectivity index (χ4v) is 0.943. The fraction of sp³-hybridized carbons (Fsp3) is 0.455. The van der Waals surface area contributed by atoms with Gasteiger partial charge in [-0.25, -0.2) is 4.98 Å². The number of carbonyl (C=O) groups excluding carboxylic acids is 1. The third kappa shape index (κ3) is 4.60. The maximum atomic E-state index is 10.7. The van der Waals surface area contributed by atoms with Gasteiger partial charge in [-0.15, -0.1) is 0 Å². The highest BCUT2D eigenvalue weighted by Crippen LogP contribution is 2.06. The second kappa shape index (κ2) is 7.06. The van der Waals surface area contributed by atoms with Crippen molar-refractivity contribution in [2.24, 2.45) is 0 Å². The smallest absolute Gasteiger partial charge is 0.222 e. The van der Waals surface area contributed by atoms with Crippen LogP contribution in [0, 0.1) is 0 Å². The maximum Gasteiger partial charge on any atom is 0.222 e. The molecule has 0 fully saturated rings. The Morgan fingerprint density at radius 2 is 2.14 bits per heavy atom. The molecule has 0 spiro atoms. The molecule has 78 valence electrons. The monoisotopic (exact) mass is 194 g/mol. The van der Waals surface area contributed by atoms with E-state index in [1.165, 1.54) is 12.5 Å². The Hall–Kier alpha value is -1.38. The van der Waals surface area contributed by atoms with Gasteiger partial charge in [0.1, 0.15) is 5.82 Å². The first kappa shape index (κ1) is 12.6. The Morgan fingerprint density at radius 3 is 2.64 bits per heavy atom. The van der Waals surface area contributed by atoms with E-state index < -0.39 is 0 Å². The van der Waals surface area contributed by atoms with E-state index in [2.05, 4.69) is 17.2 Å². The molecule has 0 bridgehead atoms. The number of amides is 1. The minimum atomic E-state index is -0.0873. The number of hydrogen-bond donors (Lipinski definition) is 1. The van der Waals surface area contributed by atoms with Crippen LogP contribution in [0.25, 0.3) is 0 Å². The highest BCUT2D eigenvalue weighted by molar-refractivity contribution is 5.87. The van der Waals surface area contributed by atoms with Crippen LogP contribution in [0.5, 0.6) is 0 Å². The van der Waals surface area contributed by atoms with Crippen molar-refractivity contribution in [1.82, 2.24) is 4.98 Å².